The van der Waals surface area contributed by atoms with E-state index in [2.05, 4.69) is 42.7 Å². The van der Waals surface area contributed by atoms with E-state index < -0.39 is 32.5 Å². The Hall–Kier alpha value is -1.47. The van der Waals surface area contributed by atoms with Crippen molar-refractivity contribution in [2.75, 3.05) is 13.2 Å². The van der Waals surface area contributed by atoms with Gasteiger partial charge in [0, 0.05) is 12.8 Å². The first-order chi connectivity index (χ1) is 22.3. The van der Waals surface area contributed by atoms with Crippen LogP contribution in [0.15, 0.2) is 24.3 Å². The van der Waals surface area contributed by atoms with Gasteiger partial charge in [0.1, 0.15) is 6.61 Å². The molecule has 0 heterocycles. The van der Waals surface area contributed by atoms with Crippen LogP contribution in [0, 0.1) is 0 Å². The molecule has 0 amide bonds. The Morgan fingerprint density at radius 2 is 0.978 bits per heavy atom. The van der Waals surface area contributed by atoms with E-state index in [0.29, 0.717) is 6.42 Å². The van der Waals surface area contributed by atoms with E-state index in [0.717, 1.165) is 57.8 Å². The van der Waals surface area contributed by atoms with Gasteiger partial charge in [-0.2, -0.15) is 0 Å². The summed E-state index contributed by atoms with van der Waals surface area (Å²) in [5.41, 5.74) is 0. The number of rotatable bonds is 34. The predicted molar refractivity (Wildman–Crippen MR) is 189 cm³/mol. The molecule has 8 nitrogen and oxygen atoms in total. The van der Waals surface area contributed by atoms with Crippen molar-refractivity contribution >= 4 is 19.8 Å². The molecular weight excluding hydrogens is 603 g/mol. The summed E-state index contributed by atoms with van der Waals surface area (Å²) in [7, 11) is -4.74. The average molecular weight is 673 g/mol. The Balaban J connectivity index is 3.86. The molecule has 1 unspecified atom stereocenters. The van der Waals surface area contributed by atoms with E-state index in [-0.39, 0.29) is 19.4 Å². The topological polar surface area (TPSA) is 119 Å². The lowest BCUT2D eigenvalue weighted by Crippen LogP contribution is -2.29. The summed E-state index contributed by atoms with van der Waals surface area (Å²) in [4.78, 5) is 42.4. The molecule has 0 fully saturated rings. The molecule has 9 heteroatoms. The lowest BCUT2D eigenvalue weighted by atomic mass is 10.1. The van der Waals surface area contributed by atoms with E-state index >= 15 is 0 Å². The van der Waals surface area contributed by atoms with Gasteiger partial charge in [-0.25, -0.2) is 4.57 Å². The summed E-state index contributed by atoms with van der Waals surface area (Å²) in [5.74, 6) is -0.894. The van der Waals surface area contributed by atoms with Crippen LogP contribution in [0.1, 0.15) is 181 Å². The molecule has 0 spiro atoms. The molecular formula is C37H69O8P. The minimum atomic E-state index is -4.74. The smallest absolute Gasteiger partial charge is 0.462 e. The molecule has 0 aliphatic carbocycles. The second-order valence-electron chi connectivity index (χ2n) is 12.6. The van der Waals surface area contributed by atoms with Crippen molar-refractivity contribution in [3.63, 3.8) is 0 Å². The molecule has 46 heavy (non-hydrogen) atoms. The van der Waals surface area contributed by atoms with E-state index in [1.54, 1.807) is 0 Å². The van der Waals surface area contributed by atoms with Gasteiger partial charge in [-0.1, -0.05) is 147 Å². The van der Waals surface area contributed by atoms with Crippen molar-refractivity contribution in [1.82, 2.24) is 0 Å². The molecule has 0 bridgehead atoms. The first-order valence-electron chi connectivity index (χ1n) is 18.6. The molecule has 2 N–H and O–H groups in total. The highest BCUT2D eigenvalue weighted by Crippen LogP contribution is 2.36. The molecule has 0 radical (unpaired) electrons. The summed E-state index contributed by atoms with van der Waals surface area (Å²) in [6, 6.07) is 0. The molecule has 1 atom stereocenters. The minimum Gasteiger partial charge on any atom is -0.462 e. The third-order valence-electron chi connectivity index (χ3n) is 7.97. The van der Waals surface area contributed by atoms with Gasteiger partial charge in [0.25, 0.3) is 0 Å². The molecule has 0 rings (SSSR count). The van der Waals surface area contributed by atoms with Crippen molar-refractivity contribution in [1.29, 1.82) is 0 Å². The Kier molecular flexibility index (Phi) is 32.4. The maximum absolute atomic E-state index is 12.3. The van der Waals surface area contributed by atoms with Crippen LogP contribution in [0.3, 0.4) is 0 Å². The zero-order valence-corrected chi connectivity index (χ0v) is 30.4. The number of hydrogen-bond donors (Lipinski definition) is 2. The van der Waals surface area contributed by atoms with E-state index in [1.165, 1.54) is 89.9 Å². The van der Waals surface area contributed by atoms with Gasteiger partial charge < -0.3 is 19.3 Å². The molecule has 0 aliphatic heterocycles. The van der Waals surface area contributed by atoms with Crippen LogP contribution in [0.4, 0.5) is 0 Å². The number of carbonyl (C=O) groups is 2. The average Bonchev–Trinajstić information content (AvgIpc) is 3.02. The second-order valence-corrected chi connectivity index (χ2v) is 13.8. The fourth-order valence-electron chi connectivity index (χ4n) is 5.17. The summed E-state index contributed by atoms with van der Waals surface area (Å²) in [5, 5.41) is 0. The van der Waals surface area contributed by atoms with Crippen LogP contribution in [-0.4, -0.2) is 41.0 Å². The number of hydrogen-bond acceptors (Lipinski definition) is 6. The number of ether oxygens (including phenoxy) is 2. The van der Waals surface area contributed by atoms with E-state index in [9.17, 15) is 14.2 Å². The Morgan fingerprint density at radius 1 is 0.565 bits per heavy atom. The number of allylic oxidation sites excluding steroid dienone is 4. The zero-order valence-electron chi connectivity index (χ0n) is 29.5. The molecule has 270 valence electrons. The third-order valence-corrected chi connectivity index (χ3v) is 8.46. The maximum Gasteiger partial charge on any atom is 0.469 e. The van der Waals surface area contributed by atoms with Crippen molar-refractivity contribution in [2.45, 2.75) is 187 Å². The van der Waals surface area contributed by atoms with Crippen molar-refractivity contribution in [2.24, 2.45) is 0 Å². The van der Waals surface area contributed by atoms with Crippen LogP contribution < -0.4 is 0 Å². The van der Waals surface area contributed by atoms with Gasteiger partial charge in [0.2, 0.25) is 0 Å². The summed E-state index contributed by atoms with van der Waals surface area (Å²) < 4.78 is 26.2. The molecule has 0 aromatic carbocycles. The molecule has 0 aliphatic rings. The quantitative estimate of drug-likeness (QED) is 0.0300. The predicted octanol–water partition coefficient (Wildman–Crippen LogP) is 10.8. The zero-order chi connectivity index (χ0) is 34.0. The van der Waals surface area contributed by atoms with Crippen LogP contribution in [0.2, 0.25) is 0 Å². The first kappa shape index (κ1) is 44.5. The lowest BCUT2D eigenvalue weighted by Gasteiger charge is -2.18. The molecule has 0 aromatic heterocycles. The van der Waals surface area contributed by atoms with Crippen molar-refractivity contribution < 1.29 is 37.9 Å². The Labute approximate surface area is 281 Å². The van der Waals surface area contributed by atoms with Crippen LogP contribution in [0.25, 0.3) is 0 Å². The first-order valence-corrected chi connectivity index (χ1v) is 20.2. The number of unbranched alkanes of at least 4 members (excludes halogenated alkanes) is 20. The summed E-state index contributed by atoms with van der Waals surface area (Å²) in [6.07, 6.45) is 36.4. The van der Waals surface area contributed by atoms with E-state index in [4.69, 9.17) is 19.3 Å². The highest BCUT2D eigenvalue weighted by Gasteiger charge is 2.22. The number of esters is 2. The van der Waals surface area contributed by atoms with Gasteiger partial charge in [0.15, 0.2) is 6.10 Å². The SMILES string of the molecule is CCCCCCC/C=C\C/C=C\CCCCCCCCCCCC(=O)OC(COC(=O)CCCCCCCCC)COP(=O)(O)O. The van der Waals surface area contributed by atoms with Crippen molar-refractivity contribution in [3.8, 4) is 0 Å². The number of phosphoric acid groups is 1. The van der Waals surface area contributed by atoms with Crippen molar-refractivity contribution in [3.05, 3.63) is 24.3 Å². The maximum atomic E-state index is 12.3. The fraction of sp³-hybridized carbons (Fsp3) is 0.838. The monoisotopic (exact) mass is 672 g/mol. The van der Waals surface area contributed by atoms with Gasteiger partial charge in [-0.05, 0) is 44.9 Å². The van der Waals surface area contributed by atoms with Gasteiger partial charge in [0.05, 0.1) is 6.61 Å². The lowest BCUT2D eigenvalue weighted by molar-refractivity contribution is -0.161. The van der Waals surface area contributed by atoms with Crippen LogP contribution in [-0.2, 0) is 28.2 Å². The molecule has 0 saturated heterocycles. The van der Waals surface area contributed by atoms with Gasteiger partial charge >= 0.3 is 19.8 Å². The summed E-state index contributed by atoms with van der Waals surface area (Å²) >= 11 is 0. The van der Waals surface area contributed by atoms with E-state index in [1.807, 2.05) is 0 Å². The third kappa shape index (κ3) is 35.4. The second kappa shape index (κ2) is 33.4. The highest BCUT2D eigenvalue weighted by atomic mass is 31.2. The number of carbonyl (C=O) groups excluding carboxylic acids is 2. The summed E-state index contributed by atoms with van der Waals surface area (Å²) in [6.45, 7) is 3.61. The highest BCUT2D eigenvalue weighted by molar-refractivity contribution is 7.46. The molecule has 0 saturated carbocycles. The van der Waals surface area contributed by atoms with Gasteiger partial charge in [-0.3, -0.25) is 14.1 Å². The number of phosphoric ester groups is 1. The van der Waals surface area contributed by atoms with Gasteiger partial charge in [-0.15, -0.1) is 0 Å². The minimum absolute atomic E-state index is 0.209. The normalized spacial score (nSPS) is 12.7. The Morgan fingerprint density at radius 3 is 1.43 bits per heavy atom. The standard InChI is InChI=1S/C37H69O8P/c1-3-5-7-9-11-12-13-14-15-16-17-18-19-20-21-22-23-24-26-28-30-32-37(39)45-35(34-44-46(40,41)42)33-43-36(38)31-29-27-25-10-8-6-4-2/h13-14,16-17,35H,3-12,15,18-34H2,1-2H3,(H2,40,41,42)/b14-13-,17-16-. The largest absolute Gasteiger partial charge is 0.469 e. The van der Waals surface area contributed by atoms with Crippen LogP contribution in [0.5, 0.6) is 0 Å². The molecule has 0 aromatic rings. The van der Waals surface area contributed by atoms with Crippen LogP contribution >= 0.6 is 7.82 Å². The Bertz CT molecular complexity index is 807. The fourth-order valence-corrected chi connectivity index (χ4v) is 5.53.